The molecule has 0 aliphatic rings. The molecule has 0 spiro atoms. The van der Waals surface area contributed by atoms with E-state index in [1.165, 1.54) is 12.1 Å². The lowest BCUT2D eigenvalue weighted by molar-refractivity contribution is 0.231. The monoisotopic (exact) mass is 243 g/mol. The second kappa shape index (κ2) is 6.55. The summed E-state index contributed by atoms with van der Waals surface area (Å²) >= 11 is 0. The molecule has 0 saturated heterocycles. The van der Waals surface area contributed by atoms with Crippen LogP contribution in [0.25, 0.3) is 0 Å². The minimum atomic E-state index is -0.621. The molecule has 0 heterocycles. The quantitative estimate of drug-likeness (QED) is 0.829. The van der Waals surface area contributed by atoms with E-state index in [-0.39, 0.29) is 11.8 Å². The second-order valence-electron chi connectivity index (χ2n) is 4.32. The summed E-state index contributed by atoms with van der Waals surface area (Å²) in [6.07, 6.45) is 0. The van der Waals surface area contributed by atoms with Crippen LogP contribution in [0.5, 0.6) is 5.75 Å². The van der Waals surface area contributed by atoms with E-state index < -0.39 is 11.6 Å². The first-order valence-corrected chi connectivity index (χ1v) is 5.85. The van der Waals surface area contributed by atoms with E-state index in [0.29, 0.717) is 12.5 Å². The fourth-order valence-electron chi connectivity index (χ4n) is 1.55. The molecule has 17 heavy (non-hydrogen) atoms. The number of ether oxygens (including phenoxy) is 1. The summed E-state index contributed by atoms with van der Waals surface area (Å²) < 4.78 is 31.2. The van der Waals surface area contributed by atoms with Crippen LogP contribution in [0.2, 0.25) is 0 Å². The first-order chi connectivity index (χ1) is 8.02. The third-order valence-corrected chi connectivity index (χ3v) is 2.54. The van der Waals surface area contributed by atoms with Gasteiger partial charge in [0.2, 0.25) is 0 Å². The van der Waals surface area contributed by atoms with Gasteiger partial charge in [0, 0.05) is 24.2 Å². The highest BCUT2D eigenvalue weighted by Crippen LogP contribution is 2.16. The molecule has 4 heteroatoms. The van der Waals surface area contributed by atoms with E-state index >= 15 is 0 Å². The Hall–Kier alpha value is -1.16. The smallest absolute Gasteiger partial charge is 0.129 e. The Balaban J connectivity index is 2.58. The molecule has 0 aliphatic carbocycles. The molecule has 0 radical (unpaired) electrons. The van der Waals surface area contributed by atoms with Crippen LogP contribution in [0, 0.1) is 17.6 Å². The molecular weight excluding hydrogens is 224 g/mol. The zero-order valence-corrected chi connectivity index (χ0v) is 10.5. The van der Waals surface area contributed by atoms with E-state index in [4.69, 9.17) is 4.74 Å². The number of hydrogen-bond donors (Lipinski definition) is 1. The van der Waals surface area contributed by atoms with Gasteiger partial charge in [0.1, 0.15) is 24.0 Å². The lowest BCUT2D eigenvalue weighted by Crippen LogP contribution is -2.38. The molecule has 1 aromatic rings. The van der Waals surface area contributed by atoms with Crippen molar-refractivity contribution in [2.75, 3.05) is 13.2 Å². The first kappa shape index (κ1) is 13.9. The number of halogens is 2. The van der Waals surface area contributed by atoms with Crippen LogP contribution >= 0.6 is 0 Å². The van der Waals surface area contributed by atoms with Gasteiger partial charge in [0.15, 0.2) is 0 Å². The van der Waals surface area contributed by atoms with E-state index in [2.05, 4.69) is 19.2 Å². The molecule has 2 nitrogen and oxygen atoms in total. The maximum Gasteiger partial charge on any atom is 0.129 e. The predicted octanol–water partition coefficient (Wildman–Crippen LogP) is 2.98. The van der Waals surface area contributed by atoms with Gasteiger partial charge < -0.3 is 10.1 Å². The predicted molar refractivity (Wildman–Crippen MR) is 64.2 cm³/mol. The van der Waals surface area contributed by atoms with Gasteiger partial charge in [0.25, 0.3) is 0 Å². The number of benzene rings is 1. The van der Waals surface area contributed by atoms with Crippen LogP contribution in [-0.4, -0.2) is 19.2 Å². The van der Waals surface area contributed by atoms with Crippen molar-refractivity contribution in [3.05, 3.63) is 29.8 Å². The minimum Gasteiger partial charge on any atom is -0.492 e. The lowest BCUT2D eigenvalue weighted by atomic mass is 10.1. The first-order valence-electron chi connectivity index (χ1n) is 5.85. The van der Waals surface area contributed by atoms with E-state index in [0.717, 1.165) is 12.6 Å². The Labute approximate surface area is 101 Å². The van der Waals surface area contributed by atoms with Gasteiger partial charge in [-0.3, -0.25) is 0 Å². The van der Waals surface area contributed by atoms with Crippen LogP contribution in [-0.2, 0) is 0 Å². The van der Waals surface area contributed by atoms with Crippen LogP contribution in [0.15, 0.2) is 18.2 Å². The Morgan fingerprint density at radius 1 is 1.18 bits per heavy atom. The van der Waals surface area contributed by atoms with Crippen molar-refractivity contribution in [2.24, 2.45) is 5.92 Å². The van der Waals surface area contributed by atoms with Crippen LogP contribution in [0.1, 0.15) is 20.8 Å². The molecule has 1 rings (SSSR count). The topological polar surface area (TPSA) is 21.3 Å². The lowest BCUT2D eigenvalue weighted by Gasteiger charge is -2.22. The van der Waals surface area contributed by atoms with Gasteiger partial charge >= 0.3 is 0 Å². The molecule has 0 fully saturated rings. The fraction of sp³-hybridized carbons (Fsp3) is 0.538. The molecule has 0 amide bonds. The van der Waals surface area contributed by atoms with E-state index in [1.54, 1.807) is 0 Å². The number of hydrogen-bond acceptors (Lipinski definition) is 2. The largest absolute Gasteiger partial charge is 0.492 e. The van der Waals surface area contributed by atoms with Crippen LogP contribution in [0.3, 0.4) is 0 Å². The van der Waals surface area contributed by atoms with Crippen molar-refractivity contribution >= 4 is 0 Å². The summed E-state index contributed by atoms with van der Waals surface area (Å²) in [6.45, 7) is 7.39. The molecule has 1 aromatic carbocycles. The molecule has 0 bridgehead atoms. The normalized spacial score (nSPS) is 12.8. The Morgan fingerprint density at radius 2 is 1.76 bits per heavy atom. The maximum absolute atomic E-state index is 12.9. The number of likely N-dealkylation sites (N-methyl/N-ethyl adjacent to an activating group) is 1. The molecule has 0 saturated carbocycles. The van der Waals surface area contributed by atoms with Gasteiger partial charge in [-0.15, -0.1) is 0 Å². The van der Waals surface area contributed by atoms with Crippen LogP contribution in [0.4, 0.5) is 8.78 Å². The van der Waals surface area contributed by atoms with Crippen molar-refractivity contribution in [1.29, 1.82) is 0 Å². The van der Waals surface area contributed by atoms with Crippen molar-refractivity contribution < 1.29 is 13.5 Å². The summed E-state index contributed by atoms with van der Waals surface area (Å²) in [4.78, 5) is 0. The van der Waals surface area contributed by atoms with Gasteiger partial charge in [-0.25, -0.2) is 8.78 Å². The van der Waals surface area contributed by atoms with Crippen LogP contribution < -0.4 is 10.1 Å². The molecular formula is C13H19F2NO. The molecule has 0 aromatic heterocycles. The minimum absolute atomic E-state index is 0.173. The fourth-order valence-corrected chi connectivity index (χ4v) is 1.55. The highest BCUT2D eigenvalue weighted by Gasteiger charge is 2.13. The highest BCUT2D eigenvalue weighted by molar-refractivity contribution is 5.23. The standard InChI is InChI=1S/C13H19F2NO/c1-4-16-13(9(2)3)8-17-12-6-10(14)5-11(15)7-12/h5-7,9,13,16H,4,8H2,1-3H3. The maximum atomic E-state index is 12.9. The van der Waals surface area contributed by atoms with Crippen molar-refractivity contribution in [3.63, 3.8) is 0 Å². The summed E-state index contributed by atoms with van der Waals surface area (Å²) in [6, 6.07) is 3.38. The second-order valence-corrected chi connectivity index (χ2v) is 4.32. The summed E-state index contributed by atoms with van der Waals surface area (Å²) in [5.41, 5.74) is 0. The van der Waals surface area contributed by atoms with Gasteiger partial charge in [-0.1, -0.05) is 20.8 Å². The van der Waals surface area contributed by atoms with Gasteiger partial charge in [0.05, 0.1) is 0 Å². The number of rotatable bonds is 6. The number of nitrogens with one attached hydrogen (secondary N) is 1. The third-order valence-electron chi connectivity index (χ3n) is 2.54. The Morgan fingerprint density at radius 3 is 2.24 bits per heavy atom. The zero-order valence-electron chi connectivity index (χ0n) is 10.5. The SMILES string of the molecule is CCNC(COc1cc(F)cc(F)c1)C(C)C. The Kier molecular flexibility index (Phi) is 5.35. The van der Waals surface area contributed by atoms with Crippen molar-refractivity contribution in [3.8, 4) is 5.75 Å². The molecule has 1 unspecified atom stereocenters. The summed E-state index contributed by atoms with van der Waals surface area (Å²) in [5, 5.41) is 3.27. The summed E-state index contributed by atoms with van der Waals surface area (Å²) in [5.74, 6) is -0.617. The summed E-state index contributed by atoms with van der Waals surface area (Å²) in [7, 11) is 0. The van der Waals surface area contributed by atoms with Gasteiger partial charge in [-0.2, -0.15) is 0 Å². The Bertz CT molecular complexity index is 335. The van der Waals surface area contributed by atoms with Crippen molar-refractivity contribution in [1.82, 2.24) is 5.32 Å². The third kappa shape index (κ3) is 4.69. The average molecular weight is 243 g/mol. The average Bonchev–Trinajstić information content (AvgIpc) is 2.22. The molecule has 1 N–H and O–H groups in total. The molecule has 0 aliphatic heterocycles. The molecule has 1 atom stereocenters. The van der Waals surface area contributed by atoms with E-state index in [9.17, 15) is 8.78 Å². The molecule has 96 valence electrons. The van der Waals surface area contributed by atoms with Crippen molar-refractivity contribution in [2.45, 2.75) is 26.8 Å². The van der Waals surface area contributed by atoms with Gasteiger partial charge in [-0.05, 0) is 12.5 Å². The zero-order chi connectivity index (χ0) is 12.8. The highest BCUT2D eigenvalue weighted by atomic mass is 19.1. The van der Waals surface area contributed by atoms with E-state index in [1.807, 2.05) is 6.92 Å².